The molecule has 0 atom stereocenters. The SMILES string of the molecule is O=S1(=O)N=C(Nc2ccc(F)c(Cl)c2)c2ccccc21. The molecule has 1 N–H and O–H groups in total. The van der Waals surface area contributed by atoms with Crippen LogP contribution < -0.4 is 5.32 Å². The van der Waals surface area contributed by atoms with Crippen LogP contribution in [0.5, 0.6) is 0 Å². The lowest BCUT2D eigenvalue weighted by molar-refractivity contribution is 0.599. The van der Waals surface area contributed by atoms with Crippen LogP contribution in [0.1, 0.15) is 5.56 Å². The first-order valence-electron chi connectivity index (χ1n) is 5.64. The van der Waals surface area contributed by atoms with Gasteiger partial charge in [-0.1, -0.05) is 23.7 Å². The Bertz CT molecular complexity index is 834. The van der Waals surface area contributed by atoms with Crippen molar-refractivity contribution in [3.05, 3.63) is 58.9 Å². The van der Waals surface area contributed by atoms with Crippen molar-refractivity contribution in [2.75, 3.05) is 5.32 Å². The minimum absolute atomic E-state index is 0.0512. The van der Waals surface area contributed by atoms with Crippen LogP contribution in [0.25, 0.3) is 0 Å². The van der Waals surface area contributed by atoms with Gasteiger partial charge in [-0.3, -0.25) is 0 Å². The maximum Gasteiger partial charge on any atom is 0.285 e. The third-order valence-electron chi connectivity index (χ3n) is 2.81. The van der Waals surface area contributed by atoms with E-state index in [9.17, 15) is 12.8 Å². The van der Waals surface area contributed by atoms with Gasteiger partial charge in [-0.15, -0.1) is 4.40 Å². The van der Waals surface area contributed by atoms with Gasteiger partial charge in [0.1, 0.15) is 10.7 Å². The van der Waals surface area contributed by atoms with Crippen molar-refractivity contribution < 1.29 is 12.8 Å². The van der Waals surface area contributed by atoms with Gasteiger partial charge >= 0.3 is 0 Å². The molecule has 0 aliphatic carbocycles. The molecule has 2 aromatic rings. The fourth-order valence-electron chi connectivity index (χ4n) is 1.91. The van der Waals surface area contributed by atoms with Crippen molar-refractivity contribution >= 4 is 33.1 Å². The van der Waals surface area contributed by atoms with Crippen LogP contribution in [0.3, 0.4) is 0 Å². The monoisotopic (exact) mass is 310 g/mol. The zero-order chi connectivity index (χ0) is 14.3. The molecule has 0 unspecified atom stereocenters. The second-order valence-corrected chi connectivity index (χ2v) is 6.14. The van der Waals surface area contributed by atoms with E-state index in [0.717, 1.165) is 0 Å². The summed E-state index contributed by atoms with van der Waals surface area (Å²) in [7, 11) is -3.67. The maximum absolute atomic E-state index is 13.1. The Kier molecular flexibility index (Phi) is 2.99. The van der Waals surface area contributed by atoms with Crippen molar-refractivity contribution in [1.82, 2.24) is 0 Å². The number of hydrogen-bond donors (Lipinski definition) is 1. The van der Waals surface area contributed by atoms with E-state index in [1.54, 1.807) is 18.2 Å². The standard InChI is InChI=1S/C13H8ClFN2O2S/c14-10-7-8(5-6-11(10)15)16-13-9-3-1-2-4-12(9)20(18,19)17-13/h1-7H,(H,16,17). The van der Waals surface area contributed by atoms with Gasteiger partial charge in [-0.05, 0) is 30.3 Å². The third kappa shape index (κ3) is 2.17. The van der Waals surface area contributed by atoms with E-state index in [0.29, 0.717) is 11.3 Å². The van der Waals surface area contributed by atoms with E-state index in [-0.39, 0.29) is 15.8 Å². The Hall–Kier alpha value is -1.92. The van der Waals surface area contributed by atoms with Gasteiger partial charge in [0.25, 0.3) is 10.0 Å². The van der Waals surface area contributed by atoms with Crippen LogP contribution >= 0.6 is 11.6 Å². The summed E-state index contributed by atoms with van der Waals surface area (Å²) in [6, 6.07) is 10.5. The summed E-state index contributed by atoms with van der Waals surface area (Å²) in [5.74, 6) is -0.345. The first-order valence-corrected chi connectivity index (χ1v) is 7.46. The maximum atomic E-state index is 13.1. The fraction of sp³-hybridized carbons (Fsp3) is 0. The zero-order valence-electron chi connectivity index (χ0n) is 9.97. The van der Waals surface area contributed by atoms with Crippen LogP contribution in [0.15, 0.2) is 51.8 Å². The van der Waals surface area contributed by atoms with E-state index < -0.39 is 15.8 Å². The molecule has 1 heterocycles. The summed E-state index contributed by atoms with van der Waals surface area (Å²) < 4.78 is 40.5. The Morgan fingerprint density at radius 3 is 2.65 bits per heavy atom. The lowest BCUT2D eigenvalue weighted by Gasteiger charge is -2.07. The number of rotatable bonds is 1. The molecule has 0 saturated carbocycles. The zero-order valence-corrected chi connectivity index (χ0v) is 11.5. The Balaban J connectivity index is 2.02. The summed E-state index contributed by atoms with van der Waals surface area (Å²) >= 11 is 5.68. The van der Waals surface area contributed by atoms with Gasteiger partial charge in [0.05, 0.1) is 5.02 Å². The smallest absolute Gasteiger partial charge is 0.285 e. The van der Waals surface area contributed by atoms with E-state index >= 15 is 0 Å². The highest BCUT2D eigenvalue weighted by Crippen LogP contribution is 2.27. The van der Waals surface area contributed by atoms with E-state index in [2.05, 4.69) is 9.71 Å². The highest BCUT2D eigenvalue weighted by atomic mass is 35.5. The lowest BCUT2D eigenvalue weighted by atomic mass is 10.2. The predicted molar refractivity (Wildman–Crippen MR) is 75.2 cm³/mol. The molecular weight excluding hydrogens is 303 g/mol. The topological polar surface area (TPSA) is 58.5 Å². The number of benzene rings is 2. The Morgan fingerprint density at radius 2 is 1.90 bits per heavy atom. The van der Waals surface area contributed by atoms with E-state index in [1.165, 1.54) is 24.3 Å². The molecule has 0 amide bonds. The number of halogens is 2. The number of anilines is 1. The summed E-state index contributed by atoms with van der Waals surface area (Å²) in [6.07, 6.45) is 0. The molecule has 4 nitrogen and oxygen atoms in total. The summed E-state index contributed by atoms with van der Waals surface area (Å²) in [5.41, 5.74) is 0.940. The molecule has 7 heteroatoms. The number of sulfonamides is 1. The number of fused-ring (bicyclic) bond motifs is 1. The first kappa shape index (κ1) is 13.1. The lowest BCUT2D eigenvalue weighted by Crippen LogP contribution is -2.11. The van der Waals surface area contributed by atoms with Crippen LogP contribution in [0, 0.1) is 5.82 Å². The Morgan fingerprint density at radius 1 is 1.15 bits per heavy atom. The molecule has 0 bridgehead atoms. The predicted octanol–water partition coefficient (Wildman–Crippen LogP) is 3.04. The molecule has 0 radical (unpaired) electrons. The van der Waals surface area contributed by atoms with Crippen LogP contribution in [0.2, 0.25) is 5.02 Å². The minimum atomic E-state index is -3.67. The van der Waals surface area contributed by atoms with Gasteiger partial charge in [0, 0.05) is 11.3 Å². The van der Waals surface area contributed by atoms with Crippen molar-refractivity contribution in [3.63, 3.8) is 0 Å². The molecule has 0 fully saturated rings. The molecular formula is C13H8ClFN2O2S. The summed E-state index contributed by atoms with van der Waals surface area (Å²) in [6.45, 7) is 0. The Labute approximate surface area is 120 Å². The summed E-state index contributed by atoms with van der Waals surface area (Å²) in [5, 5.41) is 2.79. The van der Waals surface area contributed by atoms with Gasteiger partial charge in [0.15, 0.2) is 5.84 Å². The number of nitrogens with one attached hydrogen (secondary N) is 1. The molecule has 1 aliphatic heterocycles. The van der Waals surface area contributed by atoms with Crippen molar-refractivity contribution in [3.8, 4) is 0 Å². The normalized spacial score (nSPS) is 15.6. The van der Waals surface area contributed by atoms with Gasteiger partial charge < -0.3 is 5.32 Å². The molecule has 0 spiro atoms. The van der Waals surface area contributed by atoms with Crippen molar-refractivity contribution in [1.29, 1.82) is 0 Å². The highest BCUT2D eigenvalue weighted by Gasteiger charge is 2.28. The van der Waals surface area contributed by atoms with Crippen LogP contribution in [0.4, 0.5) is 10.1 Å². The highest BCUT2D eigenvalue weighted by molar-refractivity contribution is 7.90. The third-order valence-corrected chi connectivity index (χ3v) is 4.44. The van der Waals surface area contributed by atoms with E-state index in [4.69, 9.17) is 11.6 Å². The van der Waals surface area contributed by atoms with Crippen molar-refractivity contribution in [2.24, 2.45) is 4.40 Å². The van der Waals surface area contributed by atoms with E-state index in [1.807, 2.05) is 0 Å². The number of nitrogens with zero attached hydrogens (tertiary/aromatic N) is 1. The molecule has 102 valence electrons. The molecule has 20 heavy (non-hydrogen) atoms. The van der Waals surface area contributed by atoms with Gasteiger partial charge in [-0.25, -0.2) is 4.39 Å². The minimum Gasteiger partial charge on any atom is -0.339 e. The largest absolute Gasteiger partial charge is 0.339 e. The van der Waals surface area contributed by atoms with Crippen molar-refractivity contribution in [2.45, 2.75) is 4.90 Å². The first-order chi connectivity index (χ1) is 9.47. The molecule has 1 aliphatic rings. The molecule has 0 saturated heterocycles. The number of hydrogen-bond acceptors (Lipinski definition) is 3. The summed E-state index contributed by atoms with van der Waals surface area (Å²) in [4.78, 5) is 0.149. The van der Waals surface area contributed by atoms with Crippen LogP contribution in [-0.4, -0.2) is 14.3 Å². The second-order valence-electron chi connectivity index (χ2n) is 4.17. The van der Waals surface area contributed by atoms with Gasteiger partial charge in [-0.2, -0.15) is 8.42 Å². The molecule has 3 rings (SSSR count). The average Bonchev–Trinajstić information content (AvgIpc) is 2.66. The molecule has 2 aromatic carbocycles. The van der Waals surface area contributed by atoms with Gasteiger partial charge in [0.2, 0.25) is 0 Å². The fourth-order valence-corrected chi connectivity index (χ4v) is 3.26. The quantitative estimate of drug-likeness (QED) is 0.880. The van der Waals surface area contributed by atoms with Crippen LogP contribution in [-0.2, 0) is 10.0 Å². The molecule has 0 aromatic heterocycles. The average molecular weight is 311 g/mol. The number of amidine groups is 1. The second kappa shape index (κ2) is 4.57.